The van der Waals surface area contributed by atoms with Crippen LogP contribution < -0.4 is 5.32 Å². The highest BCUT2D eigenvalue weighted by Crippen LogP contribution is 2.29. The number of aryl methyl sites for hydroxylation is 1. The SMILES string of the molecule is CCCC(c1noc(-c2scnc2C)n1)N1CCNCC1. The molecule has 0 aromatic carbocycles. The summed E-state index contributed by atoms with van der Waals surface area (Å²) in [5, 5.41) is 7.62. The first kappa shape index (κ1) is 14.6. The molecule has 1 aliphatic heterocycles. The van der Waals surface area contributed by atoms with Gasteiger partial charge in [-0.15, -0.1) is 11.3 Å². The lowest BCUT2D eigenvalue weighted by Gasteiger charge is -2.33. The summed E-state index contributed by atoms with van der Waals surface area (Å²) in [6, 6.07) is 0.253. The molecular formula is C14H21N5OS. The predicted molar refractivity (Wildman–Crippen MR) is 82.2 cm³/mol. The Morgan fingerprint density at radius 3 is 2.90 bits per heavy atom. The Hall–Kier alpha value is -1.31. The Morgan fingerprint density at radius 1 is 1.43 bits per heavy atom. The molecule has 7 heteroatoms. The molecule has 1 unspecified atom stereocenters. The van der Waals surface area contributed by atoms with Crippen LogP contribution in [0.5, 0.6) is 0 Å². The normalized spacial score (nSPS) is 18.0. The number of aromatic nitrogens is 3. The van der Waals surface area contributed by atoms with Crippen LogP contribution in [0.25, 0.3) is 10.8 Å². The van der Waals surface area contributed by atoms with E-state index in [1.165, 1.54) is 0 Å². The van der Waals surface area contributed by atoms with Gasteiger partial charge in [-0.2, -0.15) is 4.98 Å². The fourth-order valence-corrected chi connectivity index (χ4v) is 3.44. The predicted octanol–water partition coefficient (Wildman–Crippen LogP) is 2.25. The Balaban J connectivity index is 1.83. The summed E-state index contributed by atoms with van der Waals surface area (Å²) in [5.74, 6) is 1.41. The van der Waals surface area contributed by atoms with Crippen molar-refractivity contribution in [2.75, 3.05) is 26.2 Å². The van der Waals surface area contributed by atoms with Crippen LogP contribution in [0.15, 0.2) is 10.0 Å². The van der Waals surface area contributed by atoms with Gasteiger partial charge in [0.2, 0.25) is 0 Å². The van der Waals surface area contributed by atoms with Crippen LogP contribution in [0.3, 0.4) is 0 Å². The highest BCUT2D eigenvalue weighted by atomic mass is 32.1. The molecule has 3 rings (SSSR count). The van der Waals surface area contributed by atoms with Crippen LogP contribution in [0, 0.1) is 6.92 Å². The molecule has 3 heterocycles. The molecule has 6 nitrogen and oxygen atoms in total. The summed E-state index contributed by atoms with van der Waals surface area (Å²) in [7, 11) is 0. The van der Waals surface area contributed by atoms with E-state index in [0.717, 1.165) is 55.4 Å². The minimum Gasteiger partial charge on any atom is -0.333 e. The van der Waals surface area contributed by atoms with E-state index in [1.54, 1.807) is 11.3 Å². The molecule has 1 saturated heterocycles. The van der Waals surface area contributed by atoms with Gasteiger partial charge in [0.05, 0.1) is 17.2 Å². The number of nitrogens with one attached hydrogen (secondary N) is 1. The third kappa shape index (κ3) is 3.14. The van der Waals surface area contributed by atoms with E-state index >= 15 is 0 Å². The van der Waals surface area contributed by atoms with Crippen molar-refractivity contribution in [3.05, 3.63) is 17.0 Å². The maximum absolute atomic E-state index is 5.47. The molecule has 2 aromatic rings. The van der Waals surface area contributed by atoms with E-state index < -0.39 is 0 Å². The fourth-order valence-electron chi connectivity index (χ4n) is 2.71. The zero-order valence-corrected chi connectivity index (χ0v) is 13.3. The highest BCUT2D eigenvalue weighted by Gasteiger charge is 2.26. The van der Waals surface area contributed by atoms with E-state index in [-0.39, 0.29) is 6.04 Å². The molecule has 0 amide bonds. The average Bonchev–Trinajstić information content (AvgIpc) is 3.14. The standard InChI is InChI=1S/C14H21N5OS/c1-3-4-11(19-7-5-15-6-8-19)13-17-14(20-18-13)12-10(2)16-9-21-12/h9,11,15H,3-8H2,1-2H3. The van der Waals surface area contributed by atoms with Crippen molar-refractivity contribution in [3.63, 3.8) is 0 Å². The zero-order chi connectivity index (χ0) is 14.7. The number of hydrogen-bond acceptors (Lipinski definition) is 7. The molecule has 1 N–H and O–H groups in total. The minimum atomic E-state index is 0.253. The monoisotopic (exact) mass is 307 g/mol. The summed E-state index contributed by atoms with van der Waals surface area (Å²) >= 11 is 1.55. The van der Waals surface area contributed by atoms with Gasteiger partial charge in [-0.25, -0.2) is 4.98 Å². The first-order valence-corrected chi connectivity index (χ1v) is 8.36. The fraction of sp³-hybridized carbons (Fsp3) is 0.643. The van der Waals surface area contributed by atoms with Crippen molar-refractivity contribution in [2.45, 2.75) is 32.7 Å². The molecule has 0 aliphatic carbocycles. The van der Waals surface area contributed by atoms with Crippen LogP contribution in [0.1, 0.15) is 37.3 Å². The van der Waals surface area contributed by atoms with E-state index in [2.05, 4.69) is 32.3 Å². The molecule has 114 valence electrons. The number of nitrogens with zero attached hydrogens (tertiary/aromatic N) is 4. The summed E-state index contributed by atoms with van der Waals surface area (Å²) in [6.07, 6.45) is 2.17. The Bertz CT molecular complexity index is 575. The largest absolute Gasteiger partial charge is 0.333 e. The highest BCUT2D eigenvalue weighted by molar-refractivity contribution is 7.13. The first-order chi connectivity index (χ1) is 10.3. The molecule has 2 aromatic heterocycles. The topological polar surface area (TPSA) is 67.1 Å². The van der Waals surface area contributed by atoms with Gasteiger partial charge in [0, 0.05) is 26.2 Å². The molecule has 1 aliphatic rings. The Kier molecular flexibility index (Phi) is 4.62. The lowest BCUT2D eigenvalue weighted by molar-refractivity contribution is 0.155. The van der Waals surface area contributed by atoms with Gasteiger partial charge in [0.1, 0.15) is 4.88 Å². The number of rotatable bonds is 5. The molecular weight excluding hydrogens is 286 g/mol. The van der Waals surface area contributed by atoms with Gasteiger partial charge in [-0.3, -0.25) is 4.90 Å². The number of hydrogen-bond donors (Lipinski definition) is 1. The molecule has 1 fully saturated rings. The van der Waals surface area contributed by atoms with Crippen molar-refractivity contribution in [1.29, 1.82) is 0 Å². The third-order valence-electron chi connectivity index (χ3n) is 3.83. The molecule has 1 atom stereocenters. The smallest absolute Gasteiger partial charge is 0.269 e. The summed E-state index contributed by atoms with van der Waals surface area (Å²) in [6.45, 7) is 8.29. The van der Waals surface area contributed by atoms with Gasteiger partial charge in [-0.1, -0.05) is 18.5 Å². The van der Waals surface area contributed by atoms with Crippen molar-refractivity contribution >= 4 is 11.3 Å². The minimum absolute atomic E-state index is 0.253. The second-order valence-electron chi connectivity index (χ2n) is 5.32. The molecule has 0 spiro atoms. The van der Waals surface area contributed by atoms with Gasteiger partial charge in [-0.05, 0) is 13.3 Å². The van der Waals surface area contributed by atoms with Crippen molar-refractivity contribution in [2.24, 2.45) is 0 Å². The van der Waals surface area contributed by atoms with Crippen LogP contribution in [-0.4, -0.2) is 46.2 Å². The van der Waals surface area contributed by atoms with Crippen LogP contribution in [0.4, 0.5) is 0 Å². The van der Waals surface area contributed by atoms with Gasteiger partial charge in [0.15, 0.2) is 5.82 Å². The Morgan fingerprint density at radius 2 is 2.24 bits per heavy atom. The Labute approximate surface area is 128 Å². The van der Waals surface area contributed by atoms with Crippen LogP contribution >= 0.6 is 11.3 Å². The summed E-state index contributed by atoms with van der Waals surface area (Å²) in [4.78, 5) is 12.3. The second kappa shape index (κ2) is 6.64. The van der Waals surface area contributed by atoms with Crippen LogP contribution in [-0.2, 0) is 0 Å². The van der Waals surface area contributed by atoms with E-state index in [4.69, 9.17) is 4.52 Å². The van der Waals surface area contributed by atoms with Crippen molar-refractivity contribution in [1.82, 2.24) is 25.3 Å². The first-order valence-electron chi connectivity index (χ1n) is 7.48. The second-order valence-corrected chi connectivity index (χ2v) is 6.17. The quantitative estimate of drug-likeness (QED) is 0.914. The van der Waals surface area contributed by atoms with Gasteiger partial charge in [0.25, 0.3) is 5.89 Å². The van der Waals surface area contributed by atoms with E-state index in [1.807, 2.05) is 12.4 Å². The van der Waals surface area contributed by atoms with Gasteiger partial charge < -0.3 is 9.84 Å². The average molecular weight is 307 g/mol. The van der Waals surface area contributed by atoms with Crippen LogP contribution in [0.2, 0.25) is 0 Å². The third-order valence-corrected chi connectivity index (χ3v) is 4.75. The summed E-state index contributed by atoms with van der Waals surface area (Å²) < 4.78 is 5.47. The van der Waals surface area contributed by atoms with Gasteiger partial charge >= 0.3 is 0 Å². The molecule has 21 heavy (non-hydrogen) atoms. The van der Waals surface area contributed by atoms with Crippen molar-refractivity contribution < 1.29 is 4.52 Å². The maximum Gasteiger partial charge on any atom is 0.269 e. The number of piperazine rings is 1. The van der Waals surface area contributed by atoms with E-state index in [0.29, 0.717) is 5.89 Å². The lowest BCUT2D eigenvalue weighted by atomic mass is 10.1. The molecule has 0 bridgehead atoms. The van der Waals surface area contributed by atoms with E-state index in [9.17, 15) is 0 Å². The lowest BCUT2D eigenvalue weighted by Crippen LogP contribution is -2.45. The maximum atomic E-state index is 5.47. The number of thiazole rings is 1. The molecule has 0 radical (unpaired) electrons. The molecule has 0 saturated carbocycles. The zero-order valence-electron chi connectivity index (χ0n) is 12.5. The van der Waals surface area contributed by atoms with Crippen molar-refractivity contribution in [3.8, 4) is 10.8 Å². The summed E-state index contributed by atoms with van der Waals surface area (Å²) in [5.41, 5.74) is 2.76.